The highest BCUT2D eigenvalue weighted by molar-refractivity contribution is 7.98. The van der Waals surface area contributed by atoms with Crippen molar-refractivity contribution in [2.24, 2.45) is 0 Å². The molecule has 0 unspecified atom stereocenters. The summed E-state index contributed by atoms with van der Waals surface area (Å²) in [6.45, 7) is 6.43. The lowest BCUT2D eigenvalue weighted by Gasteiger charge is -2.10. The van der Waals surface area contributed by atoms with Gasteiger partial charge in [-0.2, -0.15) is 0 Å². The minimum absolute atomic E-state index is 0.305. The number of nitrogens with zero attached hydrogens (tertiary/aromatic N) is 5. The number of nitrogen functional groups attached to an aromatic ring is 1. The van der Waals surface area contributed by atoms with E-state index in [1.165, 1.54) is 23.1 Å². The molecule has 0 aliphatic carbocycles. The van der Waals surface area contributed by atoms with Crippen LogP contribution in [0.1, 0.15) is 39.3 Å². The van der Waals surface area contributed by atoms with Gasteiger partial charge in [-0.3, -0.25) is 4.57 Å². The number of furan rings is 1. The van der Waals surface area contributed by atoms with Crippen LogP contribution in [0.4, 0.5) is 5.82 Å². The summed E-state index contributed by atoms with van der Waals surface area (Å²) in [6.07, 6.45) is 1.65. The van der Waals surface area contributed by atoms with Gasteiger partial charge in [-0.25, -0.2) is 14.8 Å². The molecule has 184 valence electrons. The second kappa shape index (κ2) is 10.1. The van der Waals surface area contributed by atoms with Gasteiger partial charge in [0, 0.05) is 0 Å². The van der Waals surface area contributed by atoms with Crippen LogP contribution in [-0.4, -0.2) is 37.3 Å². The van der Waals surface area contributed by atoms with Crippen LogP contribution in [0.2, 0.25) is 0 Å². The molecule has 4 heterocycles. The monoisotopic (exact) mass is 520 g/mol. The molecule has 0 saturated heterocycles. The van der Waals surface area contributed by atoms with Crippen LogP contribution in [0.15, 0.2) is 52.2 Å². The average Bonchev–Trinajstić information content (AvgIpc) is 3.55. The summed E-state index contributed by atoms with van der Waals surface area (Å²) in [5.41, 5.74) is 9.05. The number of thioether (sulfide) groups is 1. The molecule has 0 aliphatic heterocycles. The fourth-order valence-electron chi connectivity index (χ4n) is 3.92. The smallest absolute Gasteiger partial charge is 0.348 e. The number of rotatable bonds is 8. The van der Waals surface area contributed by atoms with E-state index >= 15 is 0 Å². The molecule has 9 nitrogen and oxygen atoms in total. The zero-order valence-electron chi connectivity index (χ0n) is 20.0. The summed E-state index contributed by atoms with van der Waals surface area (Å²) >= 11 is 2.75. The summed E-state index contributed by atoms with van der Waals surface area (Å²) < 4.78 is 12.7. The highest BCUT2D eigenvalue weighted by Crippen LogP contribution is 2.34. The maximum atomic E-state index is 12.3. The van der Waals surface area contributed by atoms with Crippen molar-refractivity contribution in [1.29, 1.82) is 0 Å². The van der Waals surface area contributed by atoms with E-state index in [1.54, 1.807) is 13.2 Å². The number of thiophene rings is 1. The third kappa shape index (κ3) is 4.59. The molecule has 0 spiro atoms. The second-order valence-electron chi connectivity index (χ2n) is 8.04. The van der Waals surface area contributed by atoms with Crippen molar-refractivity contribution < 1.29 is 13.9 Å². The van der Waals surface area contributed by atoms with Crippen molar-refractivity contribution >= 4 is 45.1 Å². The Morgan fingerprint density at radius 2 is 1.97 bits per heavy atom. The number of carbonyl (C=O) groups is 1. The molecule has 0 aliphatic rings. The molecule has 0 radical (unpaired) electrons. The maximum absolute atomic E-state index is 12.3. The predicted octanol–water partition coefficient (Wildman–Crippen LogP) is 5.26. The quantitative estimate of drug-likeness (QED) is 0.216. The van der Waals surface area contributed by atoms with Crippen LogP contribution in [-0.2, 0) is 17.0 Å². The van der Waals surface area contributed by atoms with E-state index < -0.39 is 0 Å². The highest BCUT2D eigenvalue weighted by atomic mass is 32.2. The molecule has 0 fully saturated rings. The van der Waals surface area contributed by atoms with Crippen LogP contribution in [0.3, 0.4) is 0 Å². The Kier molecular flexibility index (Phi) is 6.75. The van der Waals surface area contributed by atoms with Crippen LogP contribution >= 0.6 is 23.1 Å². The van der Waals surface area contributed by atoms with Gasteiger partial charge in [-0.1, -0.05) is 42.1 Å². The van der Waals surface area contributed by atoms with Gasteiger partial charge in [-0.05, 0) is 38.0 Å². The van der Waals surface area contributed by atoms with E-state index in [0.29, 0.717) is 45.6 Å². The summed E-state index contributed by atoms with van der Waals surface area (Å²) in [4.78, 5) is 22.7. The average molecular weight is 521 g/mol. The summed E-state index contributed by atoms with van der Waals surface area (Å²) in [6, 6.07) is 12.0. The first-order valence-corrected chi connectivity index (χ1v) is 13.1. The second-order valence-corrected chi connectivity index (χ2v) is 9.98. The Morgan fingerprint density at radius 3 is 2.69 bits per heavy atom. The summed E-state index contributed by atoms with van der Waals surface area (Å²) in [7, 11) is 0. The van der Waals surface area contributed by atoms with E-state index in [4.69, 9.17) is 14.9 Å². The van der Waals surface area contributed by atoms with Gasteiger partial charge in [-0.15, -0.1) is 21.5 Å². The third-order valence-corrected chi connectivity index (χ3v) is 7.78. The van der Waals surface area contributed by atoms with Crippen LogP contribution in [0.5, 0.6) is 0 Å². The summed E-state index contributed by atoms with van der Waals surface area (Å²) in [5.74, 6) is 2.47. The normalized spacial score (nSPS) is 11.3. The van der Waals surface area contributed by atoms with E-state index in [1.807, 2.05) is 38.1 Å². The first-order valence-electron chi connectivity index (χ1n) is 11.3. The number of anilines is 1. The predicted molar refractivity (Wildman–Crippen MR) is 140 cm³/mol. The van der Waals surface area contributed by atoms with Crippen LogP contribution in [0.25, 0.3) is 21.6 Å². The Morgan fingerprint density at radius 1 is 1.17 bits per heavy atom. The van der Waals surface area contributed by atoms with Gasteiger partial charge in [0.2, 0.25) is 0 Å². The lowest BCUT2D eigenvalue weighted by Crippen LogP contribution is -2.05. The fraction of sp³-hybridized carbons (Fsp3) is 0.240. The van der Waals surface area contributed by atoms with E-state index in [0.717, 1.165) is 33.4 Å². The van der Waals surface area contributed by atoms with Gasteiger partial charge >= 0.3 is 5.97 Å². The van der Waals surface area contributed by atoms with Gasteiger partial charge in [0.15, 0.2) is 11.0 Å². The van der Waals surface area contributed by atoms with Crippen molar-refractivity contribution in [3.05, 3.63) is 70.3 Å². The van der Waals surface area contributed by atoms with Gasteiger partial charge in [0.1, 0.15) is 27.1 Å². The van der Waals surface area contributed by atoms with E-state index in [-0.39, 0.29) is 5.97 Å². The molecule has 5 rings (SSSR count). The molecule has 0 amide bonds. The molecule has 4 aromatic heterocycles. The first kappa shape index (κ1) is 24.0. The number of hydrogen-bond donors (Lipinski definition) is 1. The largest absolute Gasteiger partial charge is 0.469 e. The zero-order chi connectivity index (χ0) is 25.2. The molecule has 0 saturated carbocycles. The maximum Gasteiger partial charge on any atom is 0.348 e. The van der Waals surface area contributed by atoms with E-state index in [2.05, 4.69) is 36.9 Å². The molecule has 0 bridgehead atoms. The Balaban J connectivity index is 1.45. The number of carbonyl (C=O) groups excluding carboxylic acids is 1. The highest BCUT2D eigenvalue weighted by Gasteiger charge is 2.22. The van der Waals surface area contributed by atoms with Crippen molar-refractivity contribution in [1.82, 2.24) is 24.7 Å². The zero-order valence-corrected chi connectivity index (χ0v) is 21.7. The number of ether oxygens (including phenoxy) is 1. The molecule has 11 heteroatoms. The number of aryl methyl sites for hydroxylation is 2. The Labute approximate surface area is 215 Å². The minimum atomic E-state index is -0.371. The lowest BCUT2D eigenvalue weighted by molar-refractivity contribution is 0.0531. The van der Waals surface area contributed by atoms with Crippen molar-refractivity contribution in [3.8, 4) is 11.4 Å². The third-order valence-electron chi connectivity index (χ3n) is 5.66. The van der Waals surface area contributed by atoms with E-state index in [9.17, 15) is 4.79 Å². The fourth-order valence-corrected chi connectivity index (χ4v) is 5.82. The standard InChI is InChI=1S/C25H24N6O3S2/c1-4-33-24(32)20-14(2)19-21(26)27-18(28-23(19)36-20)13-35-25-30-29-22(17-10-11-34-15(17)3)31(25)12-16-8-6-5-7-9-16/h5-11H,4,12-13H2,1-3H3,(H2,26,27,28). The molecule has 0 atom stereocenters. The molecule has 1 aromatic carbocycles. The molecular weight excluding hydrogens is 496 g/mol. The number of esters is 1. The number of hydrogen-bond acceptors (Lipinski definition) is 10. The topological polar surface area (TPSA) is 122 Å². The molecule has 2 N–H and O–H groups in total. The number of nitrogens with two attached hydrogens (primary N) is 1. The van der Waals surface area contributed by atoms with Crippen molar-refractivity contribution in [2.75, 3.05) is 12.3 Å². The Bertz CT molecular complexity index is 1540. The minimum Gasteiger partial charge on any atom is -0.469 e. The summed E-state index contributed by atoms with van der Waals surface area (Å²) in [5, 5.41) is 10.3. The van der Waals surface area contributed by atoms with Crippen molar-refractivity contribution in [2.45, 2.75) is 38.2 Å². The van der Waals surface area contributed by atoms with Crippen molar-refractivity contribution in [3.63, 3.8) is 0 Å². The number of fused-ring (bicyclic) bond motifs is 1. The van der Waals surface area contributed by atoms with Gasteiger partial charge in [0.05, 0.1) is 36.1 Å². The number of benzene rings is 1. The SMILES string of the molecule is CCOC(=O)c1sc2nc(CSc3nnc(-c4ccoc4C)n3Cc3ccccc3)nc(N)c2c1C. The molecule has 5 aromatic rings. The lowest BCUT2D eigenvalue weighted by atomic mass is 10.2. The Hall–Kier alpha value is -3.70. The van der Waals surface area contributed by atoms with Gasteiger partial charge in [0.25, 0.3) is 0 Å². The molecular formula is C25H24N6O3S2. The molecule has 36 heavy (non-hydrogen) atoms. The number of aromatic nitrogens is 5. The first-order chi connectivity index (χ1) is 17.5. The van der Waals surface area contributed by atoms with Gasteiger partial charge < -0.3 is 14.9 Å². The van der Waals surface area contributed by atoms with Crippen LogP contribution < -0.4 is 5.73 Å². The van der Waals surface area contributed by atoms with Crippen LogP contribution in [0, 0.1) is 13.8 Å².